The highest BCUT2D eigenvalue weighted by molar-refractivity contribution is 8.18. The molecule has 2 amide bonds. The number of amides is 2. The van der Waals surface area contributed by atoms with E-state index in [1.807, 2.05) is 36.6 Å². The number of carbonyl (C=O) groups is 4. The molecule has 0 aliphatic carbocycles. The number of furan rings is 1. The van der Waals surface area contributed by atoms with E-state index in [0.29, 0.717) is 11.3 Å². The van der Waals surface area contributed by atoms with Gasteiger partial charge in [0.1, 0.15) is 5.76 Å². The number of nitrogens with zero attached hydrogens (tertiary/aromatic N) is 2. The van der Waals surface area contributed by atoms with Crippen molar-refractivity contribution in [2.45, 2.75) is 20.4 Å². The van der Waals surface area contributed by atoms with Gasteiger partial charge in [-0.15, -0.1) is 0 Å². The Kier molecular flexibility index (Phi) is 6.65. The van der Waals surface area contributed by atoms with Crippen molar-refractivity contribution in [3.05, 3.63) is 81.4 Å². The molecule has 1 aromatic carbocycles. The highest BCUT2D eigenvalue weighted by Crippen LogP contribution is 2.35. The van der Waals surface area contributed by atoms with Gasteiger partial charge in [0.25, 0.3) is 11.1 Å². The van der Waals surface area contributed by atoms with Gasteiger partial charge in [-0.3, -0.25) is 14.5 Å². The van der Waals surface area contributed by atoms with Gasteiger partial charge in [0.2, 0.25) is 5.76 Å². The van der Waals surface area contributed by atoms with Crippen LogP contribution < -0.4 is 0 Å². The van der Waals surface area contributed by atoms with Crippen LogP contribution >= 0.6 is 11.8 Å². The van der Waals surface area contributed by atoms with Gasteiger partial charge in [-0.2, -0.15) is 0 Å². The van der Waals surface area contributed by atoms with Crippen LogP contribution in [-0.2, 0) is 20.8 Å². The van der Waals surface area contributed by atoms with Crippen LogP contribution in [0.5, 0.6) is 0 Å². The number of thioether (sulfide) groups is 1. The summed E-state index contributed by atoms with van der Waals surface area (Å²) in [7, 11) is 2.56. The molecule has 0 unspecified atom stereocenters. The second-order valence-corrected chi connectivity index (χ2v) is 8.69. The quantitative estimate of drug-likeness (QED) is 0.364. The molecule has 35 heavy (non-hydrogen) atoms. The number of carbonyl (C=O) groups excluding carboxylic acids is 4. The second kappa shape index (κ2) is 9.67. The van der Waals surface area contributed by atoms with Crippen molar-refractivity contribution in [2.75, 3.05) is 14.2 Å². The van der Waals surface area contributed by atoms with E-state index in [4.69, 9.17) is 9.15 Å². The summed E-state index contributed by atoms with van der Waals surface area (Å²) in [4.78, 5) is 50.7. The van der Waals surface area contributed by atoms with E-state index in [0.717, 1.165) is 33.6 Å². The third-order valence-corrected chi connectivity index (χ3v) is 6.45. The fraction of sp³-hybridized carbons (Fsp3) is 0.200. The summed E-state index contributed by atoms with van der Waals surface area (Å²) in [6.45, 7) is 3.65. The summed E-state index contributed by atoms with van der Waals surface area (Å²) >= 11 is 0.827. The van der Waals surface area contributed by atoms with E-state index in [1.165, 1.54) is 26.4 Å². The Balaban J connectivity index is 1.62. The summed E-state index contributed by atoms with van der Waals surface area (Å²) in [5.74, 6) is -1.29. The molecule has 3 aromatic rings. The molecule has 0 N–H and O–H groups in total. The molecule has 1 aliphatic rings. The smallest absolute Gasteiger partial charge is 0.373 e. The molecule has 0 saturated carbocycles. The first kappa shape index (κ1) is 24.1. The molecule has 9 nitrogen and oxygen atoms in total. The largest absolute Gasteiger partial charge is 0.465 e. The summed E-state index contributed by atoms with van der Waals surface area (Å²) in [5.41, 5.74) is 3.43. The number of hydrogen-bond acceptors (Lipinski definition) is 8. The molecule has 0 spiro atoms. The molecule has 0 bridgehead atoms. The molecule has 4 rings (SSSR count). The lowest BCUT2D eigenvalue weighted by Crippen LogP contribution is -2.27. The molecule has 0 radical (unpaired) electrons. The van der Waals surface area contributed by atoms with Crippen LogP contribution in [-0.4, -0.2) is 46.8 Å². The number of aromatic nitrogens is 1. The van der Waals surface area contributed by atoms with E-state index in [9.17, 15) is 19.2 Å². The van der Waals surface area contributed by atoms with Gasteiger partial charge in [0.15, 0.2) is 0 Å². The number of hydrogen-bond donors (Lipinski definition) is 0. The summed E-state index contributed by atoms with van der Waals surface area (Å²) in [6, 6.07) is 11.9. The Morgan fingerprint density at radius 2 is 1.74 bits per heavy atom. The van der Waals surface area contributed by atoms with Crippen LogP contribution in [0, 0.1) is 13.8 Å². The van der Waals surface area contributed by atoms with Crippen molar-refractivity contribution in [2.24, 2.45) is 0 Å². The van der Waals surface area contributed by atoms with Crippen LogP contribution in [0.1, 0.15) is 43.6 Å². The Bertz CT molecular complexity index is 1380. The van der Waals surface area contributed by atoms with E-state index in [-0.39, 0.29) is 23.0 Å². The lowest BCUT2D eigenvalue weighted by atomic mass is 10.1. The Labute approximate surface area is 205 Å². The maximum absolute atomic E-state index is 13.0. The standard InChI is InChI=1S/C25H22N2O7S/c1-14-11-16(15(2)27(14)19-8-6-5-7-18(19)23(29)32-3)12-21-22(28)26(25(31)35-21)13-17-9-10-20(34-17)24(30)33-4/h5-12H,13H2,1-4H3/b21-12+. The van der Waals surface area contributed by atoms with Crippen LogP contribution in [0.15, 0.2) is 51.8 Å². The third-order valence-electron chi connectivity index (χ3n) is 5.54. The minimum Gasteiger partial charge on any atom is -0.465 e. The van der Waals surface area contributed by atoms with Crippen molar-refractivity contribution in [3.63, 3.8) is 0 Å². The molecule has 10 heteroatoms. The van der Waals surface area contributed by atoms with Crippen LogP contribution in [0.2, 0.25) is 0 Å². The lowest BCUT2D eigenvalue weighted by Gasteiger charge is -2.13. The van der Waals surface area contributed by atoms with E-state index in [1.54, 1.807) is 18.2 Å². The van der Waals surface area contributed by atoms with Crippen molar-refractivity contribution in [1.82, 2.24) is 9.47 Å². The third kappa shape index (κ3) is 4.52. The number of benzene rings is 1. The maximum Gasteiger partial charge on any atom is 0.373 e. The first-order valence-corrected chi connectivity index (χ1v) is 11.4. The number of imide groups is 1. The Morgan fingerprint density at radius 1 is 1.03 bits per heavy atom. The normalized spacial score (nSPS) is 14.6. The zero-order chi connectivity index (χ0) is 25.3. The fourth-order valence-electron chi connectivity index (χ4n) is 3.86. The first-order chi connectivity index (χ1) is 16.7. The zero-order valence-corrected chi connectivity index (χ0v) is 20.3. The van der Waals surface area contributed by atoms with E-state index < -0.39 is 23.1 Å². The predicted octanol–water partition coefficient (Wildman–Crippen LogP) is 4.50. The predicted molar refractivity (Wildman–Crippen MR) is 128 cm³/mol. The van der Waals surface area contributed by atoms with Crippen LogP contribution in [0.25, 0.3) is 11.8 Å². The lowest BCUT2D eigenvalue weighted by molar-refractivity contribution is -0.123. The van der Waals surface area contributed by atoms with Gasteiger partial charge < -0.3 is 18.5 Å². The summed E-state index contributed by atoms with van der Waals surface area (Å²) in [6.07, 6.45) is 1.66. The number of ether oxygens (including phenoxy) is 2. The molecular weight excluding hydrogens is 472 g/mol. The number of rotatable bonds is 6. The van der Waals surface area contributed by atoms with Crippen molar-refractivity contribution < 1.29 is 33.1 Å². The monoisotopic (exact) mass is 494 g/mol. The molecule has 1 saturated heterocycles. The van der Waals surface area contributed by atoms with Crippen LogP contribution in [0.3, 0.4) is 0 Å². The van der Waals surface area contributed by atoms with E-state index >= 15 is 0 Å². The first-order valence-electron chi connectivity index (χ1n) is 10.5. The van der Waals surface area contributed by atoms with E-state index in [2.05, 4.69) is 4.74 Å². The molecule has 0 atom stereocenters. The van der Waals surface area contributed by atoms with Gasteiger partial charge in [-0.05, 0) is 67.6 Å². The molecule has 1 aliphatic heterocycles. The number of para-hydroxylation sites is 1. The average Bonchev–Trinajstić information content (AvgIpc) is 3.51. The van der Waals surface area contributed by atoms with Crippen LogP contribution in [0.4, 0.5) is 4.79 Å². The highest BCUT2D eigenvalue weighted by atomic mass is 32.2. The average molecular weight is 495 g/mol. The Hall–Kier alpha value is -4.05. The van der Waals surface area contributed by atoms with Crippen molar-refractivity contribution in [3.8, 4) is 5.69 Å². The fourth-order valence-corrected chi connectivity index (χ4v) is 4.69. The second-order valence-electron chi connectivity index (χ2n) is 7.70. The maximum atomic E-state index is 13.0. The molecule has 2 aromatic heterocycles. The molecule has 1 fully saturated rings. The molecule has 180 valence electrons. The van der Waals surface area contributed by atoms with Crippen molar-refractivity contribution in [1.29, 1.82) is 0 Å². The topological polar surface area (TPSA) is 108 Å². The van der Waals surface area contributed by atoms with Gasteiger partial charge in [-0.25, -0.2) is 9.59 Å². The van der Waals surface area contributed by atoms with Gasteiger partial charge >= 0.3 is 11.9 Å². The van der Waals surface area contributed by atoms with Gasteiger partial charge in [-0.1, -0.05) is 12.1 Å². The minimum absolute atomic E-state index is 0.00955. The summed E-state index contributed by atoms with van der Waals surface area (Å²) < 4.78 is 16.8. The number of aryl methyl sites for hydroxylation is 1. The Morgan fingerprint density at radius 3 is 2.46 bits per heavy atom. The number of esters is 2. The van der Waals surface area contributed by atoms with Gasteiger partial charge in [0, 0.05) is 11.4 Å². The molecular formula is C25H22N2O7S. The molecule has 3 heterocycles. The SMILES string of the molecule is COC(=O)c1ccc(CN2C(=O)S/C(=C/c3cc(C)n(-c4ccccc4C(=O)OC)c3C)C2=O)o1. The van der Waals surface area contributed by atoms with Gasteiger partial charge in [0.05, 0.1) is 36.9 Å². The van der Waals surface area contributed by atoms with Crippen molar-refractivity contribution >= 4 is 40.9 Å². The zero-order valence-electron chi connectivity index (χ0n) is 19.5. The minimum atomic E-state index is -0.644. The number of methoxy groups -OCH3 is 2. The summed E-state index contributed by atoms with van der Waals surface area (Å²) in [5, 5.41) is -0.442. The highest BCUT2D eigenvalue weighted by Gasteiger charge is 2.36.